The fraction of sp³-hybridized carbons (Fsp3) is 0.167. The number of aromatic nitrogens is 2. The highest BCUT2D eigenvalue weighted by Crippen LogP contribution is 2.40. The minimum absolute atomic E-state index is 0. The van der Waals surface area contributed by atoms with Gasteiger partial charge in [-0.15, -0.1) is 12.4 Å². The van der Waals surface area contributed by atoms with Crippen LogP contribution >= 0.6 is 24.2 Å². The van der Waals surface area contributed by atoms with Gasteiger partial charge in [-0.05, 0) is 23.8 Å². The number of aromatic amines is 1. The number of para-hydroxylation sites is 3. The molecule has 5 rings (SSSR count). The number of hydrogen-bond donors (Lipinski definition) is 2. The van der Waals surface area contributed by atoms with Gasteiger partial charge >= 0.3 is 0 Å². The van der Waals surface area contributed by atoms with E-state index in [0.717, 1.165) is 33.1 Å². The zero-order valence-electron chi connectivity index (χ0n) is 16.7. The summed E-state index contributed by atoms with van der Waals surface area (Å²) >= 11 is 1.41. The highest BCUT2D eigenvalue weighted by Gasteiger charge is 2.30. The van der Waals surface area contributed by atoms with E-state index in [4.69, 9.17) is 4.74 Å². The number of ether oxygens (including phenoxy) is 1. The lowest BCUT2D eigenvalue weighted by Gasteiger charge is -2.33. The number of nitrogens with one attached hydrogen (secondary N) is 2. The second kappa shape index (κ2) is 9.45. The Bertz CT molecular complexity index is 1150. The third-order valence-electron chi connectivity index (χ3n) is 5.23. The molecule has 1 aliphatic rings. The molecule has 0 radical (unpaired) electrons. The minimum atomic E-state index is -0.0936. The Balaban J connectivity index is 0.00000231. The number of hydrogen-bond acceptors (Lipinski definition) is 4. The first-order valence-corrected chi connectivity index (χ1v) is 10.9. The Morgan fingerprint density at radius 1 is 1.03 bits per heavy atom. The molecule has 2 atom stereocenters. The van der Waals surface area contributed by atoms with Crippen LogP contribution in [0, 0.1) is 0 Å². The molecular formula is C24H22ClN3O2S. The second-order valence-electron chi connectivity index (χ2n) is 7.26. The largest absolute Gasteiger partial charge is 0.485 e. The van der Waals surface area contributed by atoms with Crippen LogP contribution in [-0.4, -0.2) is 21.6 Å². The van der Waals surface area contributed by atoms with Crippen LogP contribution in [0.25, 0.3) is 11.0 Å². The van der Waals surface area contributed by atoms with Crippen molar-refractivity contribution in [1.82, 2.24) is 15.3 Å². The molecule has 2 heterocycles. The summed E-state index contributed by atoms with van der Waals surface area (Å²) in [7, 11) is 0. The van der Waals surface area contributed by atoms with E-state index in [1.54, 1.807) is 0 Å². The molecule has 2 unspecified atom stereocenters. The van der Waals surface area contributed by atoms with Crippen LogP contribution in [0.2, 0.25) is 0 Å². The summed E-state index contributed by atoms with van der Waals surface area (Å²) in [6.07, 6.45) is 0.608. The maximum Gasteiger partial charge on any atom is 0.230 e. The lowest BCUT2D eigenvalue weighted by atomic mass is 9.93. The van der Waals surface area contributed by atoms with Gasteiger partial charge in [0.05, 0.1) is 22.8 Å². The number of carbonyl (C=O) groups excluding carboxylic acids is 1. The average Bonchev–Trinajstić information content (AvgIpc) is 3.21. The first-order chi connectivity index (χ1) is 14.8. The van der Waals surface area contributed by atoms with Crippen LogP contribution in [0.1, 0.15) is 29.7 Å². The standard InChI is InChI=1S/C24H21N3O2S.ClH/c28-23(15-30-24-26-18-11-5-6-12-19(18)27-24)25-20-14-22(16-8-2-1-3-9-16)29-21-13-7-4-10-17(20)21;/h1-13,20,22H,14-15H2,(H,25,28)(H,26,27);1H. The Labute approximate surface area is 191 Å². The van der Waals surface area contributed by atoms with E-state index in [-0.39, 0.29) is 30.5 Å². The number of carbonyl (C=O) groups is 1. The smallest absolute Gasteiger partial charge is 0.230 e. The zero-order valence-corrected chi connectivity index (χ0v) is 18.3. The van der Waals surface area contributed by atoms with Crippen LogP contribution in [0.3, 0.4) is 0 Å². The van der Waals surface area contributed by atoms with Crippen molar-refractivity contribution in [2.75, 3.05) is 5.75 Å². The fourth-order valence-electron chi connectivity index (χ4n) is 3.79. The summed E-state index contributed by atoms with van der Waals surface area (Å²) in [6, 6.07) is 25.8. The van der Waals surface area contributed by atoms with E-state index in [1.165, 1.54) is 11.8 Å². The van der Waals surface area contributed by atoms with Gasteiger partial charge in [0.1, 0.15) is 11.9 Å². The normalized spacial score (nSPS) is 17.3. The van der Waals surface area contributed by atoms with Crippen molar-refractivity contribution in [1.29, 1.82) is 0 Å². The number of thioether (sulfide) groups is 1. The number of nitrogens with zero attached hydrogens (tertiary/aromatic N) is 1. The summed E-state index contributed by atoms with van der Waals surface area (Å²) in [5, 5.41) is 3.95. The minimum Gasteiger partial charge on any atom is -0.485 e. The molecule has 2 N–H and O–H groups in total. The van der Waals surface area contributed by atoms with Gasteiger partial charge in [-0.3, -0.25) is 4.79 Å². The van der Waals surface area contributed by atoms with Gasteiger partial charge in [-0.25, -0.2) is 4.98 Å². The van der Waals surface area contributed by atoms with Crippen molar-refractivity contribution < 1.29 is 9.53 Å². The van der Waals surface area contributed by atoms with Crippen LogP contribution < -0.4 is 10.1 Å². The Morgan fingerprint density at radius 3 is 2.61 bits per heavy atom. The van der Waals surface area contributed by atoms with Crippen molar-refractivity contribution in [2.24, 2.45) is 0 Å². The maximum atomic E-state index is 12.7. The highest BCUT2D eigenvalue weighted by atomic mass is 35.5. The summed E-state index contributed by atoms with van der Waals surface area (Å²) in [5.74, 6) is 1.11. The van der Waals surface area contributed by atoms with Crippen molar-refractivity contribution >= 4 is 41.1 Å². The molecule has 0 bridgehead atoms. The molecule has 158 valence electrons. The lowest BCUT2D eigenvalue weighted by molar-refractivity contribution is -0.119. The van der Waals surface area contributed by atoms with Crippen LogP contribution in [0.5, 0.6) is 5.75 Å². The van der Waals surface area contributed by atoms with Crippen LogP contribution in [0.15, 0.2) is 84.0 Å². The molecule has 3 aromatic carbocycles. The van der Waals surface area contributed by atoms with Gasteiger partial charge in [-0.2, -0.15) is 0 Å². The van der Waals surface area contributed by atoms with E-state index < -0.39 is 0 Å². The molecule has 0 saturated heterocycles. The van der Waals surface area contributed by atoms with Crippen molar-refractivity contribution in [3.05, 3.63) is 90.0 Å². The summed E-state index contributed by atoms with van der Waals surface area (Å²) in [5.41, 5.74) is 4.02. The molecule has 31 heavy (non-hydrogen) atoms. The molecule has 0 saturated carbocycles. The predicted molar refractivity (Wildman–Crippen MR) is 126 cm³/mol. The number of halogens is 1. The molecule has 5 nitrogen and oxygen atoms in total. The molecule has 1 aromatic heterocycles. The van der Waals surface area contributed by atoms with Gasteiger partial charge in [0.25, 0.3) is 0 Å². The first kappa shape index (κ1) is 21.3. The molecule has 0 fully saturated rings. The number of rotatable bonds is 5. The van der Waals surface area contributed by atoms with Crippen molar-refractivity contribution in [3.8, 4) is 5.75 Å². The molecule has 4 aromatic rings. The SMILES string of the molecule is Cl.O=C(CSc1nc2ccccc2[nH]1)NC1CC(c2ccccc2)Oc2ccccc21. The predicted octanol–water partition coefficient (Wildman–Crippen LogP) is 5.46. The Kier molecular flexibility index (Phi) is 6.49. The molecular weight excluding hydrogens is 430 g/mol. The van der Waals surface area contributed by atoms with Gasteiger partial charge in [0.15, 0.2) is 5.16 Å². The number of benzene rings is 3. The summed E-state index contributed by atoms with van der Waals surface area (Å²) < 4.78 is 6.22. The zero-order chi connectivity index (χ0) is 20.3. The van der Waals surface area contributed by atoms with Crippen molar-refractivity contribution in [3.63, 3.8) is 0 Å². The van der Waals surface area contributed by atoms with Gasteiger partial charge < -0.3 is 15.0 Å². The molecule has 0 spiro atoms. The number of imidazole rings is 1. The van der Waals surface area contributed by atoms with E-state index in [1.807, 2.05) is 66.7 Å². The Hall–Kier alpha value is -2.96. The van der Waals surface area contributed by atoms with Crippen molar-refractivity contribution in [2.45, 2.75) is 23.7 Å². The van der Waals surface area contributed by atoms with Crippen LogP contribution in [0.4, 0.5) is 0 Å². The molecule has 1 aliphatic heterocycles. The van der Waals surface area contributed by atoms with Gasteiger partial charge in [0, 0.05) is 12.0 Å². The molecule has 0 aliphatic carbocycles. The highest BCUT2D eigenvalue weighted by molar-refractivity contribution is 7.99. The lowest BCUT2D eigenvalue weighted by Crippen LogP contribution is -2.34. The number of amides is 1. The second-order valence-corrected chi connectivity index (χ2v) is 8.22. The monoisotopic (exact) mass is 451 g/mol. The fourth-order valence-corrected chi connectivity index (χ4v) is 4.49. The summed E-state index contributed by atoms with van der Waals surface area (Å²) in [4.78, 5) is 20.5. The van der Waals surface area contributed by atoms with Crippen LogP contribution in [-0.2, 0) is 4.79 Å². The maximum absolute atomic E-state index is 12.7. The number of H-pyrrole nitrogens is 1. The van der Waals surface area contributed by atoms with E-state index >= 15 is 0 Å². The summed E-state index contributed by atoms with van der Waals surface area (Å²) in [6.45, 7) is 0. The Morgan fingerprint density at radius 2 is 1.77 bits per heavy atom. The molecule has 7 heteroatoms. The number of fused-ring (bicyclic) bond motifs is 2. The topological polar surface area (TPSA) is 67.0 Å². The third-order valence-corrected chi connectivity index (χ3v) is 6.10. The molecule has 1 amide bonds. The first-order valence-electron chi connectivity index (χ1n) is 9.94. The quantitative estimate of drug-likeness (QED) is 0.395. The van der Waals surface area contributed by atoms with E-state index in [9.17, 15) is 4.79 Å². The van der Waals surface area contributed by atoms with E-state index in [0.29, 0.717) is 12.2 Å². The average molecular weight is 452 g/mol. The van der Waals surface area contributed by atoms with Gasteiger partial charge in [0.2, 0.25) is 5.91 Å². The van der Waals surface area contributed by atoms with Gasteiger partial charge in [-0.1, -0.05) is 72.4 Å². The van der Waals surface area contributed by atoms with E-state index in [2.05, 4.69) is 27.4 Å². The third kappa shape index (κ3) is 4.70.